The number of Topliss-reactive ketones (excluding diaryl/α,β-unsaturated/α-hetero) is 1. The first-order chi connectivity index (χ1) is 6.56. The number of carbonyl (C=O) groups excluding carboxylic acids is 1. The van der Waals surface area contributed by atoms with Gasteiger partial charge in [0, 0.05) is 0 Å². The molecule has 1 aromatic carbocycles. The van der Waals surface area contributed by atoms with Crippen LogP contribution in [0, 0.1) is 0 Å². The van der Waals surface area contributed by atoms with Gasteiger partial charge in [0.05, 0.1) is 5.54 Å². The summed E-state index contributed by atoms with van der Waals surface area (Å²) in [4.78, 5) is 11.3. The molecule has 0 radical (unpaired) electrons. The van der Waals surface area contributed by atoms with E-state index < -0.39 is 12.1 Å². The smallest absolute Gasteiger partial charge is 0.177 e. The zero-order valence-corrected chi connectivity index (χ0v) is 8.23. The average Bonchev–Trinajstić information content (AvgIpc) is 2.17. The number of aliphatic hydroxyl groups excluding tert-OH is 1. The average molecular weight is 193 g/mol. The molecule has 0 saturated heterocycles. The number of ketones is 1. The Bertz CT molecular complexity index is 306. The minimum Gasteiger partial charge on any atom is -0.389 e. The lowest BCUT2D eigenvalue weighted by atomic mass is 9.90. The van der Waals surface area contributed by atoms with Crippen molar-refractivity contribution in [1.82, 2.24) is 0 Å². The Balaban J connectivity index is 2.73. The van der Waals surface area contributed by atoms with E-state index >= 15 is 0 Å². The maximum Gasteiger partial charge on any atom is 0.177 e. The van der Waals surface area contributed by atoms with E-state index in [9.17, 15) is 4.79 Å². The number of aliphatic hydroxyl groups is 1. The second-order valence-electron chi connectivity index (χ2n) is 3.66. The summed E-state index contributed by atoms with van der Waals surface area (Å²) < 4.78 is 0. The molecule has 0 fully saturated rings. The number of carbonyl (C=O) groups is 1. The van der Waals surface area contributed by atoms with Gasteiger partial charge in [-0.1, -0.05) is 30.3 Å². The van der Waals surface area contributed by atoms with Crippen molar-refractivity contribution in [2.24, 2.45) is 5.73 Å². The van der Waals surface area contributed by atoms with Crippen LogP contribution in [0.4, 0.5) is 0 Å². The third-order valence-corrected chi connectivity index (χ3v) is 2.19. The molecule has 0 aliphatic rings. The predicted molar refractivity (Wildman–Crippen MR) is 54.8 cm³/mol. The topological polar surface area (TPSA) is 63.3 Å². The maximum atomic E-state index is 11.3. The number of hydrogen-bond donors (Lipinski definition) is 2. The summed E-state index contributed by atoms with van der Waals surface area (Å²) in [6.07, 6.45) is 0.452. The van der Waals surface area contributed by atoms with Crippen LogP contribution in [0.15, 0.2) is 30.3 Å². The first kappa shape index (κ1) is 10.9. The molecule has 3 N–H and O–H groups in total. The Morgan fingerprint density at radius 1 is 1.43 bits per heavy atom. The van der Waals surface area contributed by atoms with E-state index in [1.165, 1.54) is 0 Å². The van der Waals surface area contributed by atoms with Crippen molar-refractivity contribution in [2.75, 3.05) is 6.61 Å². The minimum absolute atomic E-state index is 0.332. The molecule has 3 heteroatoms. The van der Waals surface area contributed by atoms with Crippen LogP contribution in [0.1, 0.15) is 12.5 Å². The summed E-state index contributed by atoms with van der Waals surface area (Å²) in [5, 5.41) is 8.72. The fraction of sp³-hybridized carbons (Fsp3) is 0.364. The van der Waals surface area contributed by atoms with Gasteiger partial charge in [-0.2, -0.15) is 0 Å². The number of hydrogen-bond acceptors (Lipinski definition) is 3. The molecule has 3 nitrogen and oxygen atoms in total. The maximum absolute atomic E-state index is 11.3. The third kappa shape index (κ3) is 2.65. The fourth-order valence-corrected chi connectivity index (χ4v) is 1.30. The van der Waals surface area contributed by atoms with Crippen molar-refractivity contribution in [3.05, 3.63) is 35.9 Å². The molecule has 1 unspecified atom stereocenters. The fourth-order valence-electron chi connectivity index (χ4n) is 1.30. The SMILES string of the molecule is CC(N)(Cc1ccccc1)C(=O)CO. The van der Waals surface area contributed by atoms with Gasteiger partial charge in [0.1, 0.15) is 6.61 Å². The third-order valence-electron chi connectivity index (χ3n) is 2.19. The molecule has 0 spiro atoms. The van der Waals surface area contributed by atoms with Gasteiger partial charge >= 0.3 is 0 Å². The molecule has 0 saturated carbocycles. The zero-order valence-electron chi connectivity index (χ0n) is 8.23. The van der Waals surface area contributed by atoms with Crippen molar-refractivity contribution in [3.63, 3.8) is 0 Å². The summed E-state index contributed by atoms with van der Waals surface area (Å²) in [6.45, 7) is 1.14. The molecule has 1 rings (SSSR count). The molecule has 0 aromatic heterocycles. The van der Waals surface area contributed by atoms with E-state index in [0.29, 0.717) is 6.42 Å². The van der Waals surface area contributed by atoms with Crippen LogP contribution in [0.25, 0.3) is 0 Å². The van der Waals surface area contributed by atoms with Crippen molar-refractivity contribution >= 4 is 5.78 Å². The van der Waals surface area contributed by atoms with Crippen LogP contribution < -0.4 is 5.73 Å². The Kier molecular flexibility index (Phi) is 3.38. The number of benzene rings is 1. The van der Waals surface area contributed by atoms with Crippen LogP contribution in [0.3, 0.4) is 0 Å². The van der Waals surface area contributed by atoms with Gasteiger partial charge < -0.3 is 10.8 Å². The molecule has 1 atom stereocenters. The highest BCUT2D eigenvalue weighted by Gasteiger charge is 2.27. The van der Waals surface area contributed by atoms with Crippen molar-refractivity contribution < 1.29 is 9.90 Å². The van der Waals surface area contributed by atoms with E-state index in [4.69, 9.17) is 10.8 Å². The van der Waals surface area contributed by atoms with Crippen LogP contribution in [0.2, 0.25) is 0 Å². The van der Waals surface area contributed by atoms with Crippen LogP contribution in [-0.2, 0) is 11.2 Å². The Morgan fingerprint density at radius 3 is 2.50 bits per heavy atom. The van der Waals surface area contributed by atoms with Crippen molar-refractivity contribution in [2.45, 2.75) is 18.9 Å². The predicted octanol–water partition coefficient (Wildman–Crippen LogP) is 0.508. The van der Waals surface area contributed by atoms with E-state index in [-0.39, 0.29) is 5.78 Å². The van der Waals surface area contributed by atoms with E-state index in [0.717, 1.165) is 5.56 Å². The first-order valence-corrected chi connectivity index (χ1v) is 4.53. The first-order valence-electron chi connectivity index (χ1n) is 4.53. The molecular weight excluding hydrogens is 178 g/mol. The normalized spacial score (nSPS) is 14.8. The quantitative estimate of drug-likeness (QED) is 0.732. The largest absolute Gasteiger partial charge is 0.389 e. The molecule has 0 aliphatic heterocycles. The van der Waals surface area contributed by atoms with Gasteiger partial charge in [-0.25, -0.2) is 0 Å². The van der Waals surface area contributed by atoms with Gasteiger partial charge in [-0.15, -0.1) is 0 Å². The lowest BCUT2D eigenvalue weighted by Crippen LogP contribution is -2.48. The summed E-state index contributed by atoms with van der Waals surface area (Å²) in [5.41, 5.74) is 5.82. The van der Waals surface area contributed by atoms with Crippen LogP contribution >= 0.6 is 0 Å². The van der Waals surface area contributed by atoms with E-state index in [1.807, 2.05) is 30.3 Å². The van der Waals surface area contributed by atoms with Crippen LogP contribution in [-0.4, -0.2) is 23.0 Å². The molecule has 76 valence electrons. The number of rotatable bonds is 4. The molecule has 14 heavy (non-hydrogen) atoms. The van der Waals surface area contributed by atoms with Crippen LogP contribution in [0.5, 0.6) is 0 Å². The summed E-state index contributed by atoms with van der Waals surface area (Å²) >= 11 is 0. The second-order valence-corrected chi connectivity index (χ2v) is 3.66. The Labute approximate surface area is 83.6 Å². The molecule has 0 amide bonds. The van der Waals surface area contributed by atoms with Crippen molar-refractivity contribution in [3.8, 4) is 0 Å². The minimum atomic E-state index is -0.976. The van der Waals surface area contributed by atoms with E-state index in [2.05, 4.69) is 0 Å². The Hall–Kier alpha value is -1.19. The lowest BCUT2D eigenvalue weighted by molar-refractivity contribution is -0.126. The van der Waals surface area contributed by atoms with Crippen molar-refractivity contribution in [1.29, 1.82) is 0 Å². The second kappa shape index (κ2) is 4.35. The standard InChI is InChI=1S/C11H15NO2/c1-11(12,10(14)8-13)7-9-5-3-2-4-6-9/h2-6,13H,7-8,12H2,1H3. The monoisotopic (exact) mass is 193 g/mol. The zero-order chi connectivity index (χ0) is 10.6. The molecule has 1 aromatic rings. The molecule has 0 bridgehead atoms. The highest BCUT2D eigenvalue weighted by atomic mass is 16.3. The molecular formula is C11H15NO2. The summed E-state index contributed by atoms with van der Waals surface area (Å²) in [7, 11) is 0. The van der Waals surface area contributed by atoms with Gasteiger partial charge in [-0.05, 0) is 18.9 Å². The molecule has 0 heterocycles. The van der Waals surface area contributed by atoms with Gasteiger partial charge in [0.25, 0.3) is 0 Å². The summed E-state index contributed by atoms with van der Waals surface area (Å²) in [6, 6.07) is 9.53. The summed E-state index contributed by atoms with van der Waals surface area (Å²) in [5.74, 6) is -0.332. The van der Waals surface area contributed by atoms with Gasteiger partial charge in [-0.3, -0.25) is 4.79 Å². The molecule has 0 aliphatic carbocycles. The lowest BCUT2D eigenvalue weighted by Gasteiger charge is -2.21. The van der Waals surface area contributed by atoms with E-state index in [1.54, 1.807) is 6.92 Å². The van der Waals surface area contributed by atoms with Gasteiger partial charge in [0.2, 0.25) is 0 Å². The highest BCUT2D eigenvalue weighted by Crippen LogP contribution is 2.11. The Morgan fingerprint density at radius 2 is 2.00 bits per heavy atom. The van der Waals surface area contributed by atoms with Gasteiger partial charge in [0.15, 0.2) is 5.78 Å². The number of nitrogens with two attached hydrogens (primary N) is 1. The highest BCUT2D eigenvalue weighted by molar-refractivity contribution is 5.88.